The maximum atomic E-state index is 12.3. The predicted molar refractivity (Wildman–Crippen MR) is 116 cm³/mol. The molecule has 1 unspecified atom stereocenters. The van der Waals surface area contributed by atoms with E-state index < -0.39 is 19.8 Å². The molecule has 0 heterocycles. The first-order valence-corrected chi connectivity index (χ1v) is 19.0. The summed E-state index contributed by atoms with van der Waals surface area (Å²) >= 11 is -1.36. The fourth-order valence-electron chi connectivity index (χ4n) is 3.78. The summed E-state index contributed by atoms with van der Waals surface area (Å²) in [6.07, 6.45) is 7.60. The van der Waals surface area contributed by atoms with Crippen LogP contribution in [-0.2, 0) is 0 Å². The Labute approximate surface area is 170 Å². The number of carbonyl (C=O) groups is 1. The van der Waals surface area contributed by atoms with E-state index in [0.717, 1.165) is 5.56 Å². The van der Waals surface area contributed by atoms with Gasteiger partial charge in [-0.05, 0) is 6.92 Å². The van der Waals surface area contributed by atoms with Gasteiger partial charge in [0.1, 0.15) is 0 Å². The number of hydrogen-bond acceptors (Lipinski definition) is 2. The number of rotatable bonds is 6. The van der Waals surface area contributed by atoms with Crippen LogP contribution in [-0.4, -0.2) is 25.7 Å². The second-order valence-electron chi connectivity index (χ2n) is 8.03. The number of ether oxygens (including phenoxy) is 1. The van der Waals surface area contributed by atoms with E-state index in [1.807, 2.05) is 43.3 Å². The van der Waals surface area contributed by atoms with Gasteiger partial charge in [0.25, 0.3) is 0 Å². The Bertz CT molecular complexity index is 788. The van der Waals surface area contributed by atoms with Crippen molar-refractivity contribution in [3.8, 4) is 5.75 Å². The van der Waals surface area contributed by atoms with E-state index in [-0.39, 0.29) is 5.97 Å². The molecule has 0 aromatic heterocycles. The Morgan fingerprint density at radius 3 is 2.33 bits per heavy atom. The number of hydrogen-bond donors (Lipinski definition) is 0. The van der Waals surface area contributed by atoms with E-state index >= 15 is 0 Å². The molecule has 0 fully saturated rings. The van der Waals surface area contributed by atoms with Crippen LogP contribution in [0, 0.1) is 6.92 Å². The average Bonchev–Trinajstić information content (AvgIpc) is 2.68. The van der Waals surface area contributed by atoms with Crippen molar-refractivity contribution in [3.05, 3.63) is 76.9 Å². The monoisotopic (exact) mass is 470 g/mol. The van der Waals surface area contributed by atoms with Crippen molar-refractivity contribution >= 4 is 25.7 Å². The van der Waals surface area contributed by atoms with Crippen molar-refractivity contribution in [1.29, 1.82) is 0 Å². The molecule has 27 heavy (non-hydrogen) atoms. The maximum absolute atomic E-state index is 12.3. The Hall–Kier alpha value is -1.55. The quantitative estimate of drug-likeness (QED) is 0.215. The number of carbonyl (C=O) groups excluding carboxylic acids is 1. The summed E-state index contributed by atoms with van der Waals surface area (Å²) in [6.45, 7) is 2.01. The molecule has 0 amide bonds. The summed E-state index contributed by atoms with van der Waals surface area (Å²) in [7, 11) is 0. The molecule has 0 bridgehead atoms. The van der Waals surface area contributed by atoms with Gasteiger partial charge in [0, 0.05) is 0 Å². The van der Waals surface area contributed by atoms with Gasteiger partial charge in [-0.15, -0.1) is 0 Å². The molecule has 3 heteroatoms. The number of esters is 1. The van der Waals surface area contributed by atoms with Gasteiger partial charge in [0.2, 0.25) is 0 Å². The van der Waals surface area contributed by atoms with Crippen molar-refractivity contribution in [2.45, 2.75) is 52.8 Å². The molecule has 1 aliphatic rings. The molecule has 0 radical (unpaired) electrons. The zero-order valence-corrected chi connectivity index (χ0v) is 20.0. The fourth-order valence-corrected chi connectivity index (χ4v) is 8.11. The molecule has 1 aliphatic carbocycles. The third kappa shape index (κ3) is 5.71. The van der Waals surface area contributed by atoms with Gasteiger partial charge < -0.3 is 0 Å². The van der Waals surface area contributed by atoms with Crippen LogP contribution in [0.1, 0.15) is 53.1 Å². The molecule has 2 aromatic carbocycles. The van der Waals surface area contributed by atoms with E-state index in [1.54, 1.807) is 5.57 Å². The molecule has 3 rings (SSSR count). The number of aryl methyl sites for hydroxylation is 1. The van der Waals surface area contributed by atoms with Gasteiger partial charge in [-0.1, -0.05) is 0 Å². The molecule has 1 atom stereocenters. The van der Waals surface area contributed by atoms with Crippen LogP contribution >= 0.6 is 0 Å². The van der Waals surface area contributed by atoms with Crippen LogP contribution in [0.2, 0.25) is 14.3 Å². The van der Waals surface area contributed by atoms with Crippen LogP contribution in [0.5, 0.6) is 5.75 Å². The molecule has 0 N–H and O–H groups in total. The second-order valence-corrected chi connectivity index (χ2v) is 17.3. The molecule has 142 valence electrons. The second kappa shape index (κ2) is 9.59. The molecule has 0 aliphatic heterocycles. The first kappa shape index (κ1) is 20.2. The van der Waals surface area contributed by atoms with Crippen molar-refractivity contribution in [2.24, 2.45) is 0 Å². The van der Waals surface area contributed by atoms with Gasteiger partial charge in [-0.25, -0.2) is 0 Å². The van der Waals surface area contributed by atoms with E-state index in [0.29, 0.717) is 17.2 Å². The molecule has 2 aromatic rings. The summed E-state index contributed by atoms with van der Waals surface area (Å²) in [4.78, 5) is 17.3. The summed E-state index contributed by atoms with van der Waals surface area (Å²) in [5, 5.41) is 0. The third-order valence-corrected chi connectivity index (χ3v) is 9.30. The van der Waals surface area contributed by atoms with Crippen LogP contribution in [0.15, 0.2) is 60.2 Å². The Kier molecular flexibility index (Phi) is 7.17. The topological polar surface area (TPSA) is 26.3 Å². The first-order chi connectivity index (χ1) is 13.0. The van der Waals surface area contributed by atoms with E-state index in [9.17, 15) is 4.79 Å². The van der Waals surface area contributed by atoms with E-state index in [2.05, 4.69) is 28.1 Å². The predicted octanol–water partition coefficient (Wildman–Crippen LogP) is 6.28. The standard InChI is InChI=1S/C22H23O2.2CH3.Sn.H/c1-16-8-10-20(11-9-16)22(23)24-21-14-12-19(13-15-21)17(2)18-6-4-3-5-7-18;;;;/h6,8-15,17H,2-5,7H2,1H3;2*1H3;;. The average molecular weight is 469 g/mol. The molecular weight excluding hydrogens is 439 g/mol. The minimum absolute atomic E-state index is 0.298. The van der Waals surface area contributed by atoms with Crippen LogP contribution in [0.4, 0.5) is 0 Å². The van der Waals surface area contributed by atoms with E-state index in [1.165, 1.54) is 35.7 Å². The van der Waals surface area contributed by atoms with E-state index in [4.69, 9.17) is 4.74 Å². The zero-order chi connectivity index (χ0) is 19.2. The minimum atomic E-state index is -1.36. The number of benzene rings is 2. The number of allylic oxidation sites excluding steroid dienone is 2. The normalized spacial score (nSPS) is 15.3. The molecular formula is C24H30O2Sn. The third-order valence-electron chi connectivity index (χ3n) is 5.26. The molecule has 2 nitrogen and oxygen atoms in total. The molecule has 0 spiro atoms. The SMILES string of the molecule is Cc1ccc(C(=O)Oc2ccc(C([CH2][SnH]([CH3])[CH3])C3=CCCCC3)cc2)cc1. The molecule has 0 saturated carbocycles. The van der Waals surface area contributed by atoms with Crippen molar-refractivity contribution < 1.29 is 9.53 Å². The van der Waals surface area contributed by atoms with Crippen LogP contribution in [0.25, 0.3) is 0 Å². The zero-order valence-electron chi connectivity index (χ0n) is 16.7. The Morgan fingerprint density at radius 1 is 1.04 bits per heavy atom. The molecule has 0 saturated heterocycles. The summed E-state index contributed by atoms with van der Waals surface area (Å²) < 4.78 is 6.93. The summed E-state index contributed by atoms with van der Waals surface area (Å²) in [5.41, 5.74) is 4.73. The summed E-state index contributed by atoms with van der Waals surface area (Å²) in [5.74, 6) is 0.893. The Balaban J connectivity index is 1.73. The fraction of sp³-hybridized carbons (Fsp3) is 0.375. The van der Waals surface area contributed by atoms with Gasteiger partial charge in [-0.2, -0.15) is 0 Å². The van der Waals surface area contributed by atoms with Crippen molar-refractivity contribution in [1.82, 2.24) is 0 Å². The van der Waals surface area contributed by atoms with Crippen LogP contribution < -0.4 is 4.74 Å². The van der Waals surface area contributed by atoms with Gasteiger partial charge in [-0.3, -0.25) is 0 Å². The first-order valence-electron chi connectivity index (χ1n) is 10.1. The van der Waals surface area contributed by atoms with Gasteiger partial charge >= 0.3 is 164 Å². The van der Waals surface area contributed by atoms with Crippen LogP contribution in [0.3, 0.4) is 0 Å². The van der Waals surface area contributed by atoms with Gasteiger partial charge in [0.15, 0.2) is 0 Å². The van der Waals surface area contributed by atoms with Gasteiger partial charge in [0.05, 0.1) is 0 Å². The van der Waals surface area contributed by atoms with Crippen molar-refractivity contribution in [2.75, 3.05) is 0 Å². The summed E-state index contributed by atoms with van der Waals surface area (Å²) in [6, 6.07) is 15.7. The van der Waals surface area contributed by atoms with Crippen molar-refractivity contribution in [3.63, 3.8) is 0 Å². The Morgan fingerprint density at radius 2 is 1.74 bits per heavy atom.